The van der Waals surface area contributed by atoms with Gasteiger partial charge in [-0.05, 0) is 45.3 Å². The summed E-state index contributed by atoms with van der Waals surface area (Å²) in [5.74, 6) is 0. The Labute approximate surface area is 92.9 Å². The van der Waals surface area contributed by atoms with Gasteiger partial charge in [0.15, 0.2) is 0 Å². The Balaban J connectivity index is 2.22. The third-order valence-corrected chi connectivity index (χ3v) is 2.63. The zero-order valence-electron chi connectivity index (χ0n) is 9.79. The predicted octanol–water partition coefficient (Wildman–Crippen LogP) is 1.86. The van der Waals surface area contributed by atoms with Gasteiger partial charge in [0.1, 0.15) is 0 Å². The summed E-state index contributed by atoms with van der Waals surface area (Å²) in [6.45, 7) is 6.09. The molecule has 0 aliphatic carbocycles. The van der Waals surface area contributed by atoms with Crippen LogP contribution in [0.25, 0.3) is 0 Å². The summed E-state index contributed by atoms with van der Waals surface area (Å²) in [7, 11) is 0. The number of nitrogens with two attached hydrogens (primary N) is 1. The third kappa shape index (κ3) is 4.96. The first-order valence-corrected chi connectivity index (χ1v) is 5.71. The van der Waals surface area contributed by atoms with Crippen LogP contribution in [0, 0.1) is 6.92 Å². The second-order valence-corrected chi connectivity index (χ2v) is 4.17. The SMILES string of the molecule is Cc1ccc(CCNC(C)CCN)cc1. The maximum atomic E-state index is 5.49. The number of rotatable bonds is 6. The summed E-state index contributed by atoms with van der Waals surface area (Å²) in [5.41, 5.74) is 8.21. The van der Waals surface area contributed by atoms with Crippen LogP contribution < -0.4 is 11.1 Å². The van der Waals surface area contributed by atoms with E-state index in [0.717, 1.165) is 25.9 Å². The molecule has 0 amide bonds. The molecule has 1 unspecified atom stereocenters. The lowest BCUT2D eigenvalue weighted by molar-refractivity contribution is 0.523. The highest BCUT2D eigenvalue weighted by atomic mass is 14.9. The summed E-state index contributed by atoms with van der Waals surface area (Å²) in [5, 5.41) is 3.47. The van der Waals surface area contributed by atoms with E-state index < -0.39 is 0 Å². The minimum atomic E-state index is 0.528. The van der Waals surface area contributed by atoms with Gasteiger partial charge >= 0.3 is 0 Å². The summed E-state index contributed by atoms with van der Waals surface area (Å²) in [4.78, 5) is 0. The van der Waals surface area contributed by atoms with Gasteiger partial charge in [-0.1, -0.05) is 29.8 Å². The fourth-order valence-electron chi connectivity index (χ4n) is 1.57. The molecule has 0 saturated carbocycles. The van der Waals surface area contributed by atoms with Gasteiger partial charge in [-0.3, -0.25) is 0 Å². The van der Waals surface area contributed by atoms with Crippen molar-refractivity contribution in [2.24, 2.45) is 5.73 Å². The third-order valence-electron chi connectivity index (χ3n) is 2.63. The topological polar surface area (TPSA) is 38.0 Å². The van der Waals surface area contributed by atoms with Crippen LogP contribution in [-0.2, 0) is 6.42 Å². The molecular weight excluding hydrogens is 184 g/mol. The van der Waals surface area contributed by atoms with E-state index in [1.54, 1.807) is 0 Å². The summed E-state index contributed by atoms with van der Waals surface area (Å²) >= 11 is 0. The molecule has 3 N–H and O–H groups in total. The lowest BCUT2D eigenvalue weighted by atomic mass is 10.1. The molecule has 1 rings (SSSR count). The molecule has 0 aliphatic heterocycles. The van der Waals surface area contributed by atoms with Crippen molar-refractivity contribution in [1.82, 2.24) is 5.32 Å². The Morgan fingerprint density at radius 1 is 1.27 bits per heavy atom. The van der Waals surface area contributed by atoms with Crippen molar-refractivity contribution in [3.05, 3.63) is 35.4 Å². The van der Waals surface area contributed by atoms with Crippen LogP contribution in [0.2, 0.25) is 0 Å². The quantitative estimate of drug-likeness (QED) is 0.745. The second-order valence-electron chi connectivity index (χ2n) is 4.17. The van der Waals surface area contributed by atoms with E-state index in [1.807, 2.05) is 0 Å². The van der Waals surface area contributed by atoms with Gasteiger partial charge in [-0.15, -0.1) is 0 Å². The highest BCUT2D eigenvalue weighted by molar-refractivity contribution is 5.21. The summed E-state index contributed by atoms with van der Waals surface area (Å²) in [6.07, 6.45) is 2.14. The van der Waals surface area contributed by atoms with Crippen molar-refractivity contribution in [3.63, 3.8) is 0 Å². The van der Waals surface area contributed by atoms with Gasteiger partial charge in [-0.25, -0.2) is 0 Å². The molecule has 0 radical (unpaired) electrons. The Hall–Kier alpha value is -0.860. The first kappa shape index (κ1) is 12.2. The number of nitrogens with one attached hydrogen (secondary N) is 1. The molecule has 0 aliphatic rings. The molecule has 15 heavy (non-hydrogen) atoms. The molecule has 84 valence electrons. The number of hydrogen-bond donors (Lipinski definition) is 2. The molecule has 0 heterocycles. The Morgan fingerprint density at radius 3 is 2.53 bits per heavy atom. The van der Waals surface area contributed by atoms with Crippen LogP contribution in [0.5, 0.6) is 0 Å². The van der Waals surface area contributed by atoms with Crippen molar-refractivity contribution in [2.45, 2.75) is 32.7 Å². The Kier molecular flexibility index (Phi) is 5.37. The van der Waals surface area contributed by atoms with Gasteiger partial charge in [0.2, 0.25) is 0 Å². The molecule has 1 atom stereocenters. The highest BCUT2D eigenvalue weighted by Crippen LogP contribution is 2.03. The van der Waals surface area contributed by atoms with Crippen molar-refractivity contribution in [2.75, 3.05) is 13.1 Å². The molecular formula is C13H22N2. The monoisotopic (exact) mass is 206 g/mol. The maximum Gasteiger partial charge on any atom is 0.00508 e. The number of aryl methyl sites for hydroxylation is 1. The first-order valence-electron chi connectivity index (χ1n) is 5.71. The van der Waals surface area contributed by atoms with Gasteiger partial charge in [0, 0.05) is 6.04 Å². The maximum absolute atomic E-state index is 5.49. The highest BCUT2D eigenvalue weighted by Gasteiger charge is 1.99. The van der Waals surface area contributed by atoms with Crippen LogP contribution in [0.1, 0.15) is 24.5 Å². The zero-order chi connectivity index (χ0) is 11.1. The van der Waals surface area contributed by atoms with E-state index in [9.17, 15) is 0 Å². The normalized spacial score (nSPS) is 12.7. The molecule has 1 aromatic carbocycles. The minimum Gasteiger partial charge on any atom is -0.330 e. The molecule has 0 aromatic heterocycles. The second kappa shape index (κ2) is 6.59. The van der Waals surface area contributed by atoms with Crippen molar-refractivity contribution >= 4 is 0 Å². The van der Waals surface area contributed by atoms with E-state index in [-0.39, 0.29) is 0 Å². The minimum absolute atomic E-state index is 0.528. The average molecular weight is 206 g/mol. The fourth-order valence-corrected chi connectivity index (χ4v) is 1.57. The Bertz CT molecular complexity index is 266. The predicted molar refractivity (Wildman–Crippen MR) is 66.0 cm³/mol. The molecule has 0 fully saturated rings. The van der Waals surface area contributed by atoms with Crippen LogP contribution in [-0.4, -0.2) is 19.1 Å². The van der Waals surface area contributed by atoms with E-state index in [2.05, 4.69) is 43.4 Å². The molecule has 0 saturated heterocycles. The molecule has 0 bridgehead atoms. The molecule has 0 spiro atoms. The average Bonchev–Trinajstić information content (AvgIpc) is 2.21. The number of benzene rings is 1. The van der Waals surface area contributed by atoms with Gasteiger partial charge in [0.05, 0.1) is 0 Å². The van der Waals surface area contributed by atoms with E-state index in [4.69, 9.17) is 5.73 Å². The molecule has 1 aromatic rings. The van der Waals surface area contributed by atoms with Crippen LogP contribution in [0.3, 0.4) is 0 Å². The van der Waals surface area contributed by atoms with E-state index in [1.165, 1.54) is 11.1 Å². The molecule has 2 nitrogen and oxygen atoms in total. The lowest BCUT2D eigenvalue weighted by Gasteiger charge is -2.12. The van der Waals surface area contributed by atoms with Gasteiger partial charge in [0.25, 0.3) is 0 Å². The van der Waals surface area contributed by atoms with Crippen molar-refractivity contribution in [3.8, 4) is 0 Å². The lowest BCUT2D eigenvalue weighted by Crippen LogP contribution is -2.30. The van der Waals surface area contributed by atoms with Crippen molar-refractivity contribution in [1.29, 1.82) is 0 Å². The zero-order valence-corrected chi connectivity index (χ0v) is 9.79. The smallest absolute Gasteiger partial charge is 0.00508 e. The molecule has 2 heteroatoms. The first-order chi connectivity index (χ1) is 7.22. The van der Waals surface area contributed by atoms with Crippen molar-refractivity contribution < 1.29 is 0 Å². The van der Waals surface area contributed by atoms with Crippen LogP contribution >= 0.6 is 0 Å². The van der Waals surface area contributed by atoms with Gasteiger partial charge < -0.3 is 11.1 Å². The van der Waals surface area contributed by atoms with E-state index >= 15 is 0 Å². The standard InChI is InChI=1S/C13H22N2/c1-11-3-5-13(6-4-11)8-10-15-12(2)7-9-14/h3-6,12,15H,7-10,14H2,1-2H3. The summed E-state index contributed by atoms with van der Waals surface area (Å²) < 4.78 is 0. The Morgan fingerprint density at radius 2 is 1.93 bits per heavy atom. The largest absolute Gasteiger partial charge is 0.330 e. The van der Waals surface area contributed by atoms with Crippen LogP contribution in [0.15, 0.2) is 24.3 Å². The summed E-state index contributed by atoms with van der Waals surface area (Å²) in [6, 6.07) is 9.26. The number of hydrogen-bond acceptors (Lipinski definition) is 2. The van der Waals surface area contributed by atoms with Gasteiger partial charge in [-0.2, -0.15) is 0 Å². The van der Waals surface area contributed by atoms with Crippen LogP contribution in [0.4, 0.5) is 0 Å². The fraction of sp³-hybridized carbons (Fsp3) is 0.538. The van der Waals surface area contributed by atoms with E-state index in [0.29, 0.717) is 6.04 Å².